The zero-order valence-electron chi connectivity index (χ0n) is 10.6. The van der Waals surface area contributed by atoms with Crippen molar-refractivity contribution in [3.8, 4) is 0 Å². The van der Waals surface area contributed by atoms with Gasteiger partial charge in [0, 0.05) is 12.7 Å². The van der Waals surface area contributed by atoms with Gasteiger partial charge < -0.3 is 23.7 Å². The molecule has 0 amide bonds. The molecule has 0 bridgehead atoms. The van der Waals surface area contributed by atoms with Crippen molar-refractivity contribution in [2.45, 2.75) is 37.0 Å². The second kappa shape index (κ2) is 4.54. The highest BCUT2D eigenvalue weighted by Crippen LogP contribution is 2.43. The van der Waals surface area contributed by atoms with E-state index in [4.69, 9.17) is 23.7 Å². The number of hydrogen-bond acceptors (Lipinski definition) is 5. The van der Waals surface area contributed by atoms with Gasteiger partial charge >= 0.3 is 0 Å². The Balaban J connectivity index is 1.50. The smallest absolute Gasteiger partial charge is 0.186 e. The topological polar surface area (TPSA) is 49.5 Å². The largest absolute Gasteiger partial charge is 0.361 e. The van der Waals surface area contributed by atoms with E-state index in [0.29, 0.717) is 6.61 Å². The van der Waals surface area contributed by atoms with Crippen molar-refractivity contribution in [1.82, 2.24) is 0 Å². The summed E-state index contributed by atoms with van der Waals surface area (Å²) in [5, 5.41) is 0. The summed E-state index contributed by atoms with van der Waals surface area (Å²) < 4.78 is 28.4. The molecular weight excluding hydrogens is 248 g/mol. The average Bonchev–Trinajstić information content (AvgIpc) is 3.27. The van der Waals surface area contributed by atoms with E-state index in [1.807, 2.05) is 30.3 Å². The Labute approximate surface area is 111 Å². The van der Waals surface area contributed by atoms with E-state index < -0.39 is 0 Å². The van der Waals surface area contributed by atoms with Crippen LogP contribution >= 0.6 is 0 Å². The Morgan fingerprint density at radius 2 is 1.84 bits per heavy atom. The predicted molar refractivity (Wildman–Crippen MR) is 64.3 cm³/mol. The molecule has 5 nitrogen and oxygen atoms in total. The van der Waals surface area contributed by atoms with Crippen molar-refractivity contribution in [2.24, 2.45) is 0 Å². The zero-order chi connectivity index (χ0) is 12.8. The molecule has 3 aliphatic rings. The van der Waals surface area contributed by atoms with E-state index in [0.717, 1.165) is 5.56 Å². The Morgan fingerprint density at radius 3 is 2.63 bits per heavy atom. The highest BCUT2D eigenvalue weighted by Gasteiger charge is 2.60. The third-order valence-electron chi connectivity index (χ3n) is 3.83. The summed E-state index contributed by atoms with van der Waals surface area (Å²) in [5.41, 5.74) is 1.02. The molecule has 5 heteroatoms. The Kier molecular flexibility index (Phi) is 2.82. The summed E-state index contributed by atoms with van der Waals surface area (Å²) in [4.78, 5) is 0. The Bertz CT molecular complexity index is 450. The first kappa shape index (κ1) is 11.8. The summed E-state index contributed by atoms with van der Waals surface area (Å²) in [6.07, 6.45) is -0.759. The van der Waals surface area contributed by atoms with Gasteiger partial charge in [-0.2, -0.15) is 0 Å². The lowest BCUT2D eigenvalue weighted by Crippen LogP contribution is -2.52. The Morgan fingerprint density at radius 1 is 1.00 bits per heavy atom. The van der Waals surface area contributed by atoms with Crippen LogP contribution in [0.15, 0.2) is 30.3 Å². The molecule has 0 saturated carbocycles. The summed E-state index contributed by atoms with van der Waals surface area (Å²) in [5.74, 6) is 0. The quantitative estimate of drug-likeness (QED) is 0.752. The van der Waals surface area contributed by atoms with Crippen molar-refractivity contribution in [3.63, 3.8) is 0 Å². The van der Waals surface area contributed by atoms with Gasteiger partial charge in [0.15, 0.2) is 12.6 Å². The highest BCUT2D eigenvalue weighted by molar-refractivity contribution is 5.17. The van der Waals surface area contributed by atoms with Crippen LogP contribution in [-0.2, 0) is 23.7 Å². The van der Waals surface area contributed by atoms with Crippen molar-refractivity contribution >= 4 is 0 Å². The normalized spacial score (nSPS) is 44.3. The molecule has 0 spiro atoms. The molecule has 6 atom stereocenters. The van der Waals surface area contributed by atoms with E-state index in [1.54, 1.807) is 7.11 Å². The van der Waals surface area contributed by atoms with Crippen molar-refractivity contribution < 1.29 is 23.7 Å². The molecule has 1 aromatic rings. The zero-order valence-corrected chi connectivity index (χ0v) is 10.6. The van der Waals surface area contributed by atoms with Crippen LogP contribution in [0.25, 0.3) is 0 Å². The number of rotatable bonds is 2. The van der Waals surface area contributed by atoms with Crippen LogP contribution in [0.2, 0.25) is 0 Å². The van der Waals surface area contributed by atoms with Crippen LogP contribution in [-0.4, -0.2) is 44.4 Å². The number of benzene rings is 1. The van der Waals surface area contributed by atoms with Crippen LogP contribution in [0, 0.1) is 0 Å². The first-order chi connectivity index (χ1) is 9.36. The van der Waals surface area contributed by atoms with Crippen LogP contribution < -0.4 is 0 Å². The fraction of sp³-hybridized carbons (Fsp3) is 0.571. The van der Waals surface area contributed by atoms with Crippen molar-refractivity contribution in [3.05, 3.63) is 35.9 Å². The maximum Gasteiger partial charge on any atom is 0.186 e. The van der Waals surface area contributed by atoms with Crippen LogP contribution in [0.5, 0.6) is 0 Å². The average molecular weight is 264 g/mol. The molecule has 0 aromatic heterocycles. The van der Waals surface area contributed by atoms with Crippen LogP contribution in [0.3, 0.4) is 0 Å². The minimum atomic E-state index is -0.338. The monoisotopic (exact) mass is 264 g/mol. The van der Waals surface area contributed by atoms with Crippen molar-refractivity contribution in [2.75, 3.05) is 13.7 Å². The molecule has 19 heavy (non-hydrogen) atoms. The van der Waals surface area contributed by atoms with E-state index >= 15 is 0 Å². The van der Waals surface area contributed by atoms with Gasteiger partial charge in [0.1, 0.15) is 24.4 Å². The van der Waals surface area contributed by atoms with E-state index in [1.165, 1.54) is 0 Å². The number of fused-ring (bicyclic) bond motifs is 3. The van der Waals surface area contributed by atoms with E-state index in [2.05, 4.69) is 0 Å². The van der Waals surface area contributed by atoms with Crippen molar-refractivity contribution in [1.29, 1.82) is 0 Å². The first-order valence-electron chi connectivity index (χ1n) is 6.52. The number of epoxide rings is 1. The highest BCUT2D eigenvalue weighted by atomic mass is 16.8. The van der Waals surface area contributed by atoms with Crippen LogP contribution in [0.1, 0.15) is 11.9 Å². The molecular formula is C14H16O5. The SMILES string of the molecule is CO[C@@H]1O[C@H]2CO[C@H](c3ccccc3)O[C@H]2[C@H]2O[C@@H]12. The van der Waals surface area contributed by atoms with Gasteiger partial charge in [-0.3, -0.25) is 0 Å². The fourth-order valence-electron chi connectivity index (χ4n) is 2.80. The minimum Gasteiger partial charge on any atom is -0.361 e. The van der Waals surface area contributed by atoms with Gasteiger partial charge in [0.2, 0.25) is 0 Å². The fourth-order valence-corrected chi connectivity index (χ4v) is 2.80. The van der Waals surface area contributed by atoms with Gasteiger partial charge in [-0.15, -0.1) is 0 Å². The summed E-state index contributed by atoms with van der Waals surface area (Å²) >= 11 is 0. The maximum absolute atomic E-state index is 6.00. The molecule has 102 valence electrons. The predicted octanol–water partition coefficient (Wildman–Crippen LogP) is 1.24. The maximum atomic E-state index is 6.00. The van der Waals surface area contributed by atoms with Gasteiger partial charge in [0.25, 0.3) is 0 Å². The standard InChI is InChI=1S/C14H16O5/c1-15-14-12-11(18-12)10-9(17-14)7-16-13(19-10)8-5-3-2-4-6-8/h2-6,9-14H,7H2,1H3/t9-,10+,11+,12+,13-,14+/m0/s1. The molecule has 3 heterocycles. The van der Waals surface area contributed by atoms with E-state index in [-0.39, 0.29) is 37.0 Å². The summed E-state index contributed by atoms with van der Waals surface area (Å²) in [6.45, 7) is 0.497. The first-order valence-corrected chi connectivity index (χ1v) is 6.52. The third-order valence-corrected chi connectivity index (χ3v) is 3.83. The lowest BCUT2D eigenvalue weighted by molar-refractivity contribution is -0.304. The van der Waals surface area contributed by atoms with Gasteiger partial charge in [-0.1, -0.05) is 30.3 Å². The third kappa shape index (κ3) is 1.98. The lowest BCUT2D eigenvalue weighted by atomic mass is 10.0. The number of hydrogen-bond donors (Lipinski definition) is 0. The second-order valence-electron chi connectivity index (χ2n) is 5.02. The molecule has 1 aromatic carbocycles. The molecule has 3 fully saturated rings. The van der Waals surface area contributed by atoms with Gasteiger partial charge in [-0.25, -0.2) is 0 Å². The van der Waals surface area contributed by atoms with Gasteiger partial charge in [0.05, 0.1) is 6.61 Å². The molecule has 0 unspecified atom stereocenters. The molecule has 0 N–H and O–H groups in total. The van der Waals surface area contributed by atoms with Crippen LogP contribution in [0.4, 0.5) is 0 Å². The minimum absolute atomic E-state index is 0.000716. The molecule has 0 aliphatic carbocycles. The second-order valence-corrected chi connectivity index (χ2v) is 5.02. The van der Waals surface area contributed by atoms with E-state index in [9.17, 15) is 0 Å². The van der Waals surface area contributed by atoms with Gasteiger partial charge in [-0.05, 0) is 0 Å². The molecule has 0 radical (unpaired) electrons. The molecule has 4 rings (SSSR count). The Hall–Kier alpha value is -0.980. The number of ether oxygens (including phenoxy) is 5. The summed E-state index contributed by atoms with van der Waals surface area (Å²) in [6, 6.07) is 9.92. The molecule has 3 aliphatic heterocycles. The lowest BCUT2D eigenvalue weighted by Gasteiger charge is -2.39. The summed E-state index contributed by atoms with van der Waals surface area (Å²) in [7, 11) is 1.63. The number of methoxy groups -OCH3 is 1. The molecule has 3 saturated heterocycles.